The van der Waals surface area contributed by atoms with E-state index < -0.39 is 17.9 Å². The van der Waals surface area contributed by atoms with E-state index in [4.69, 9.17) is 16.1 Å². The molecule has 21 heavy (non-hydrogen) atoms. The summed E-state index contributed by atoms with van der Waals surface area (Å²) in [5, 5.41) is 18.2. The number of carbonyl (C=O) groups is 2. The number of nitrogens with zero attached hydrogens (tertiary/aromatic N) is 3. The minimum atomic E-state index is -0.995. The fourth-order valence-corrected chi connectivity index (χ4v) is 2.72. The Bertz CT molecular complexity index is 763. The lowest BCUT2D eigenvalue weighted by Gasteiger charge is -2.13. The number of amides is 1. The molecule has 1 atom stereocenters. The summed E-state index contributed by atoms with van der Waals surface area (Å²) in [6, 6.07) is 6.34. The molecule has 0 saturated carbocycles. The lowest BCUT2D eigenvalue weighted by molar-refractivity contribution is -0.133. The van der Waals surface area contributed by atoms with Crippen molar-refractivity contribution in [3.8, 4) is 6.07 Å². The maximum absolute atomic E-state index is 11.5. The first-order chi connectivity index (χ1) is 9.95. The minimum absolute atomic E-state index is 0.198. The van der Waals surface area contributed by atoms with Crippen LogP contribution in [0.4, 0.5) is 0 Å². The number of aromatic nitrogens is 2. The van der Waals surface area contributed by atoms with Gasteiger partial charge in [-0.2, -0.15) is 5.26 Å². The number of imidazole rings is 1. The maximum atomic E-state index is 11.5. The molecule has 2 rings (SSSR count). The van der Waals surface area contributed by atoms with Crippen LogP contribution in [-0.2, 0) is 9.59 Å². The lowest BCUT2D eigenvalue weighted by Crippen LogP contribution is -2.24. The Morgan fingerprint density at radius 2 is 2.29 bits per heavy atom. The number of hydrogen-bond acceptors (Lipinski definition) is 5. The fourth-order valence-electron chi connectivity index (χ4n) is 1.92. The van der Waals surface area contributed by atoms with E-state index in [-0.39, 0.29) is 5.75 Å². The zero-order chi connectivity index (χ0) is 15.6. The molecule has 108 valence electrons. The average Bonchev–Trinajstić information content (AvgIpc) is 2.82. The maximum Gasteiger partial charge on any atom is 0.313 e. The molecule has 0 aliphatic rings. The van der Waals surface area contributed by atoms with Crippen LogP contribution in [0.3, 0.4) is 0 Å². The largest absolute Gasteiger partial charge is 0.481 e. The number of carboxylic acid groups (broad SMARTS) is 1. The Morgan fingerprint density at radius 3 is 2.86 bits per heavy atom. The number of aliphatic carboxylic acids is 1. The number of hydrogen-bond donors (Lipinski definition) is 2. The second kappa shape index (κ2) is 5.85. The summed E-state index contributed by atoms with van der Waals surface area (Å²) in [5.74, 6) is -1.75. The van der Waals surface area contributed by atoms with Gasteiger partial charge in [-0.15, -0.1) is 0 Å². The highest BCUT2D eigenvalue weighted by Gasteiger charge is 2.21. The number of rotatable bonds is 5. The molecule has 1 aromatic carbocycles. The van der Waals surface area contributed by atoms with E-state index in [0.29, 0.717) is 21.8 Å². The van der Waals surface area contributed by atoms with Crippen LogP contribution in [0.25, 0.3) is 11.0 Å². The van der Waals surface area contributed by atoms with Gasteiger partial charge in [0.05, 0.1) is 16.8 Å². The Hall–Kier alpha value is -2.53. The molecule has 0 aliphatic heterocycles. The highest BCUT2D eigenvalue weighted by molar-refractivity contribution is 7.99. The molecule has 0 radical (unpaired) electrons. The summed E-state index contributed by atoms with van der Waals surface area (Å²) >= 11 is 0.981. The monoisotopic (exact) mass is 304 g/mol. The molecule has 1 unspecified atom stereocenters. The van der Waals surface area contributed by atoms with Crippen molar-refractivity contribution in [2.24, 2.45) is 5.73 Å². The first-order valence-corrected chi connectivity index (χ1v) is 6.99. The first-order valence-electron chi connectivity index (χ1n) is 6.00. The quantitative estimate of drug-likeness (QED) is 0.798. The molecule has 0 fully saturated rings. The summed E-state index contributed by atoms with van der Waals surface area (Å²) in [7, 11) is 0. The van der Waals surface area contributed by atoms with Crippen LogP contribution in [-0.4, -0.2) is 32.3 Å². The van der Waals surface area contributed by atoms with E-state index in [2.05, 4.69) is 4.98 Å². The summed E-state index contributed by atoms with van der Waals surface area (Å²) < 4.78 is 1.56. The summed E-state index contributed by atoms with van der Waals surface area (Å²) in [6.07, 6.45) is 0. The number of para-hydroxylation sites is 1. The van der Waals surface area contributed by atoms with E-state index in [1.54, 1.807) is 29.7 Å². The van der Waals surface area contributed by atoms with Crippen molar-refractivity contribution in [1.82, 2.24) is 9.55 Å². The normalized spacial score (nSPS) is 12.0. The topological polar surface area (TPSA) is 122 Å². The highest BCUT2D eigenvalue weighted by Crippen LogP contribution is 2.29. The number of nitriles is 1. The van der Waals surface area contributed by atoms with Gasteiger partial charge in [-0.05, 0) is 19.1 Å². The van der Waals surface area contributed by atoms with Crippen LogP contribution in [0.15, 0.2) is 23.4 Å². The summed E-state index contributed by atoms with van der Waals surface area (Å²) in [4.78, 5) is 26.5. The van der Waals surface area contributed by atoms with Gasteiger partial charge >= 0.3 is 5.97 Å². The molecular weight excluding hydrogens is 292 g/mol. The lowest BCUT2D eigenvalue weighted by atomic mass is 10.2. The van der Waals surface area contributed by atoms with Crippen molar-refractivity contribution >= 4 is 34.7 Å². The van der Waals surface area contributed by atoms with Crippen LogP contribution < -0.4 is 5.73 Å². The van der Waals surface area contributed by atoms with Crippen molar-refractivity contribution < 1.29 is 14.7 Å². The van der Waals surface area contributed by atoms with Crippen LogP contribution in [0.1, 0.15) is 18.5 Å². The number of benzene rings is 1. The summed E-state index contributed by atoms with van der Waals surface area (Å²) in [5.41, 5.74) is 6.71. The first kappa shape index (κ1) is 14.9. The van der Waals surface area contributed by atoms with Gasteiger partial charge in [0, 0.05) is 0 Å². The van der Waals surface area contributed by atoms with Crippen LogP contribution in [0.2, 0.25) is 0 Å². The van der Waals surface area contributed by atoms with Gasteiger partial charge in [-0.3, -0.25) is 9.59 Å². The zero-order valence-corrected chi connectivity index (χ0v) is 11.9. The van der Waals surface area contributed by atoms with Gasteiger partial charge < -0.3 is 15.4 Å². The number of thioether (sulfide) groups is 1. The number of carbonyl (C=O) groups excluding carboxylic acids is 1. The number of primary amides is 1. The SMILES string of the molecule is CC(C(N)=O)n1c(SCC(=O)O)nc2c(C#N)cccc21. The average molecular weight is 304 g/mol. The molecule has 1 aromatic heterocycles. The molecule has 3 N–H and O–H groups in total. The smallest absolute Gasteiger partial charge is 0.313 e. The van der Waals surface area contributed by atoms with E-state index in [0.717, 1.165) is 11.8 Å². The molecule has 0 aliphatic carbocycles. The van der Waals surface area contributed by atoms with Crippen LogP contribution in [0.5, 0.6) is 0 Å². The molecule has 1 amide bonds. The van der Waals surface area contributed by atoms with E-state index >= 15 is 0 Å². The third-order valence-electron chi connectivity index (χ3n) is 2.93. The molecule has 2 aromatic rings. The van der Waals surface area contributed by atoms with Crippen molar-refractivity contribution in [2.75, 3.05) is 5.75 Å². The molecule has 8 heteroatoms. The third kappa shape index (κ3) is 2.83. The van der Waals surface area contributed by atoms with Gasteiger partial charge in [0.2, 0.25) is 5.91 Å². The molecule has 0 bridgehead atoms. The molecule has 0 spiro atoms. The molecule has 1 heterocycles. The fraction of sp³-hybridized carbons (Fsp3) is 0.231. The van der Waals surface area contributed by atoms with Crippen molar-refractivity contribution in [3.05, 3.63) is 23.8 Å². The Kier molecular flexibility index (Phi) is 4.14. The van der Waals surface area contributed by atoms with E-state index in [1.807, 2.05) is 6.07 Å². The van der Waals surface area contributed by atoms with Gasteiger partial charge in [-0.1, -0.05) is 17.8 Å². The molecule has 0 saturated heterocycles. The Labute approximate surface area is 124 Å². The van der Waals surface area contributed by atoms with Crippen LogP contribution >= 0.6 is 11.8 Å². The van der Waals surface area contributed by atoms with Gasteiger partial charge in [0.25, 0.3) is 0 Å². The summed E-state index contributed by atoms with van der Waals surface area (Å²) in [6.45, 7) is 1.60. The third-order valence-corrected chi connectivity index (χ3v) is 3.87. The predicted molar refractivity (Wildman–Crippen MR) is 76.7 cm³/mol. The van der Waals surface area contributed by atoms with Crippen molar-refractivity contribution in [3.63, 3.8) is 0 Å². The highest BCUT2D eigenvalue weighted by atomic mass is 32.2. The Balaban J connectivity index is 2.65. The molecular formula is C13H12N4O3S. The Morgan fingerprint density at radius 1 is 1.57 bits per heavy atom. The number of nitrogens with two attached hydrogens (primary N) is 1. The van der Waals surface area contributed by atoms with E-state index in [1.165, 1.54) is 0 Å². The van der Waals surface area contributed by atoms with Gasteiger partial charge in [-0.25, -0.2) is 4.98 Å². The predicted octanol–water partition coefficient (Wildman–Crippen LogP) is 1.13. The minimum Gasteiger partial charge on any atom is -0.481 e. The number of carboxylic acids is 1. The molecule has 7 nitrogen and oxygen atoms in total. The second-order valence-electron chi connectivity index (χ2n) is 4.31. The number of fused-ring (bicyclic) bond motifs is 1. The van der Waals surface area contributed by atoms with E-state index in [9.17, 15) is 9.59 Å². The standard InChI is InChI=1S/C13H12N4O3S/c1-7(12(15)20)17-9-4-2-3-8(5-14)11(9)16-13(17)21-6-10(18)19/h2-4,7H,6H2,1H3,(H2,15,20)(H,18,19). The van der Waals surface area contributed by atoms with Gasteiger partial charge in [0.1, 0.15) is 17.6 Å². The van der Waals surface area contributed by atoms with Gasteiger partial charge in [0.15, 0.2) is 5.16 Å². The van der Waals surface area contributed by atoms with Crippen LogP contribution in [0, 0.1) is 11.3 Å². The zero-order valence-electron chi connectivity index (χ0n) is 11.1. The van der Waals surface area contributed by atoms with Crippen molar-refractivity contribution in [1.29, 1.82) is 5.26 Å². The second-order valence-corrected chi connectivity index (χ2v) is 5.25. The van der Waals surface area contributed by atoms with Crippen molar-refractivity contribution in [2.45, 2.75) is 18.1 Å².